The van der Waals surface area contributed by atoms with Crippen LogP contribution in [0, 0.1) is 11.2 Å². The molecular formula is C13H18FNO. The first-order valence-corrected chi connectivity index (χ1v) is 5.75. The molecule has 88 valence electrons. The standard InChI is InChI=1S/C13H18FNO/c1-15-12(13(9-16)6-3-7-13)10-4-2-5-11(14)8-10/h2,4-5,8,12,15-16H,3,6-7,9H2,1H3. The minimum absolute atomic E-state index is 0.0435. The first kappa shape index (κ1) is 11.6. The first-order chi connectivity index (χ1) is 7.72. The van der Waals surface area contributed by atoms with E-state index in [0.29, 0.717) is 0 Å². The van der Waals surface area contributed by atoms with Crippen LogP contribution in [0.3, 0.4) is 0 Å². The Kier molecular flexibility index (Phi) is 3.26. The van der Waals surface area contributed by atoms with E-state index in [9.17, 15) is 9.50 Å². The Hall–Kier alpha value is -0.930. The topological polar surface area (TPSA) is 32.3 Å². The maximum atomic E-state index is 13.2. The SMILES string of the molecule is CNC(c1cccc(F)c1)C1(CO)CCC1. The van der Waals surface area contributed by atoms with Crippen LogP contribution in [0.15, 0.2) is 24.3 Å². The number of hydrogen-bond donors (Lipinski definition) is 2. The van der Waals surface area contributed by atoms with Gasteiger partial charge in [-0.3, -0.25) is 0 Å². The lowest BCUT2D eigenvalue weighted by molar-refractivity contribution is 0.00775. The summed E-state index contributed by atoms with van der Waals surface area (Å²) >= 11 is 0. The molecule has 1 aliphatic carbocycles. The quantitative estimate of drug-likeness (QED) is 0.820. The molecule has 0 aromatic heterocycles. The normalized spacial score (nSPS) is 20.2. The van der Waals surface area contributed by atoms with Crippen LogP contribution >= 0.6 is 0 Å². The number of hydrogen-bond acceptors (Lipinski definition) is 2. The molecule has 0 aliphatic heterocycles. The molecule has 1 aliphatic rings. The van der Waals surface area contributed by atoms with Gasteiger partial charge in [0.15, 0.2) is 0 Å². The minimum atomic E-state index is -0.217. The van der Waals surface area contributed by atoms with E-state index in [0.717, 1.165) is 24.8 Å². The minimum Gasteiger partial charge on any atom is -0.396 e. The molecule has 16 heavy (non-hydrogen) atoms. The highest BCUT2D eigenvalue weighted by molar-refractivity contribution is 5.23. The molecule has 2 N–H and O–H groups in total. The van der Waals surface area contributed by atoms with Gasteiger partial charge in [0.1, 0.15) is 5.82 Å². The van der Waals surface area contributed by atoms with Gasteiger partial charge in [-0.15, -0.1) is 0 Å². The lowest BCUT2D eigenvalue weighted by Crippen LogP contribution is -2.44. The Morgan fingerprint density at radius 1 is 1.50 bits per heavy atom. The fourth-order valence-electron chi connectivity index (χ4n) is 2.68. The lowest BCUT2D eigenvalue weighted by atomic mass is 9.63. The number of benzene rings is 1. The van der Waals surface area contributed by atoms with Crippen LogP contribution < -0.4 is 5.32 Å². The molecule has 1 aromatic rings. The van der Waals surface area contributed by atoms with Gasteiger partial charge in [-0.1, -0.05) is 18.6 Å². The molecule has 2 nitrogen and oxygen atoms in total. The van der Waals surface area contributed by atoms with E-state index < -0.39 is 0 Å². The van der Waals surface area contributed by atoms with Gasteiger partial charge in [0.2, 0.25) is 0 Å². The molecule has 1 unspecified atom stereocenters. The van der Waals surface area contributed by atoms with Gasteiger partial charge in [0.25, 0.3) is 0 Å². The largest absolute Gasteiger partial charge is 0.396 e. The van der Waals surface area contributed by atoms with Gasteiger partial charge >= 0.3 is 0 Å². The molecule has 0 heterocycles. The predicted octanol–water partition coefficient (Wildman–Crippen LogP) is 2.25. The molecule has 0 amide bonds. The summed E-state index contributed by atoms with van der Waals surface area (Å²) in [7, 11) is 1.87. The van der Waals surface area contributed by atoms with Crippen LogP contribution in [0.25, 0.3) is 0 Å². The number of aliphatic hydroxyl groups is 1. The van der Waals surface area contributed by atoms with Gasteiger partial charge in [0, 0.05) is 11.5 Å². The fraction of sp³-hybridized carbons (Fsp3) is 0.538. The molecule has 1 fully saturated rings. The van der Waals surface area contributed by atoms with Crippen molar-refractivity contribution in [3.05, 3.63) is 35.6 Å². The Bertz CT molecular complexity index is 357. The molecule has 0 radical (unpaired) electrons. The first-order valence-electron chi connectivity index (χ1n) is 5.75. The van der Waals surface area contributed by atoms with Gasteiger partial charge in [-0.05, 0) is 37.6 Å². The second kappa shape index (κ2) is 4.52. The summed E-state index contributed by atoms with van der Waals surface area (Å²) < 4.78 is 13.2. The average molecular weight is 223 g/mol. The number of halogens is 1. The smallest absolute Gasteiger partial charge is 0.123 e. The number of nitrogens with one attached hydrogen (secondary N) is 1. The summed E-state index contributed by atoms with van der Waals surface area (Å²) in [6, 6.07) is 6.68. The predicted molar refractivity (Wildman–Crippen MR) is 61.6 cm³/mol. The van der Waals surface area contributed by atoms with Crippen molar-refractivity contribution in [2.45, 2.75) is 25.3 Å². The van der Waals surface area contributed by atoms with Crippen molar-refractivity contribution in [2.24, 2.45) is 5.41 Å². The Balaban J connectivity index is 2.28. The maximum Gasteiger partial charge on any atom is 0.123 e. The highest BCUT2D eigenvalue weighted by Crippen LogP contribution is 2.49. The van der Waals surface area contributed by atoms with Gasteiger partial charge in [-0.2, -0.15) is 0 Å². The van der Waals surface area contributed by atoms with Crippen LogP contribution in [0.2, 0.25) is 0 Å². The summed E-state index contributed by atoms with van der Waals surface area (Å²) in [6.07, 6.45) is 3.16. The molecule has 0 spiro atoms. The number of rotatable bonds is 4. The summed E-state index contributed by atoms with van der Waals surface area (Å²) in [4.78, 5) is 0. The second-order valence-corrected chi connectivity index (χ2v) is 4.65. The zero-order chi connectivity index (χ0) is 11.6. The van der Waals surface area contributed by atoms with Crippen LogP contribution in [0.4, 0.5) is 4.39 Å². The van der Waals surface area contributed by atoms with Gasteiger partial charge in [-0.25, -0.2) is 4.39 Å². The van der Waals surface area contributed by atoms with Crippen LogP contribution in [0.1, 0.15) is 30.9 Å². The van der Waals surface area contributed by atoms with Crippen molar-refractivity contribution in [1.82, 2.24) is 5.32 Å². The van der Waals surface area contributed by atoms with Crippen molar-refractivity contribution in [3.63, 3.8) is 0 Å². The van der Waals surface area contributed by atoms with E-state index in [1.807, 2.05) is 13.1 Å². The van der Waals surface area contributed by atoms with Gasteiger partial charge < -0.3 is 10.4 Å². The van der Waals surface area contributed by atoms with Crippen LogP contribution in [0.5, 0.6) is 0 Å². The van der Waals surface area contributed by atoms with Crippen molar-refractivity contribution >= 4 is 0 Å². The second-order valence-electron chi connectivity index (χ2n) is 4.65. The molecule has 0 saturated heterocycles. The lowest BCUT2D eigenvalue weighted by Gasteiger charge is -2.46. The van der Waals surface area contributed by atoms with Crippen molar-refractivity contribution in [2.75, 3.05) is 13.7 Å². The monoisotopic (exact) mass is 223 g/mol. The highest BCUT2D eigenvalue weighted by atomic mass is 19.1. The molecular weight excluding hydrogens is 205 g/mol. The molecule has 1 saturated carbocycles. The van der Waals surface area contributed by atoms with E-state index in [-0.39, 0.29) is 23.9 Å². The molecule has 1 aromatic carbocycles. The average Bonchev–Trinajstić information content (AvgIpc) is 2.23. The summed E-state index contributed by atoms with van der Waals surface area (Å²) in [5.41, 5.74) is 0.832. The Morgan fingerprint density at radius 3 is 2.69 bits per heavy atom. The third kappa shape index (κ3) is 1.85. The van der Waals surface area contributed by atoms with Crippen molar-refractivity contribution < 1.29 is 9.50 Å². The van der Waals surface area contributed by atoms with E-state index >= 15 is 0 Å². The summed E-state index contributed by atoms with van der Waals surface area (Å²) in [5, 5.41) is 12.7. The van der Waals surface area contributed by atoms with Crippen LogP contribution in [-0.4, -0.2) is 18.8 Å². The maximum absolute atomic E-state index is 13.2. The fourth-order valence-corrected chi connectivity index (χ4v) is 2.68. The van der Waals surface area contributed by atoms with E-state index in [1.165, 1.54) is 6.07 Å². The summed E-state index contributed by atoms with van der Waals surface area (Å²) in [6.45, 7) is 0.162. The summed E-state index contributed by atoms with van der Waals surface area (Å²) in [5.74, 6) is -0.217. The number of aliphatic hydroxyl groups excluding tert-OH is 1. The van der Waals surface area contributed by atoms with Gasteiger partial charge in [0.05, 0.1) is 6.61 Å². The molecule has 2 rings (SSSR count). The third-order valence-electron chi connectivity index (χ3n) is 3.75. The third-order valence-corrected chi connectivity index (χ3v) is 3.75. The van der Waals surface area contributed by atoms with E-state index in [2.05, 4.69) is 5.32 Å². The molecule has 0 bridgehead atoms. The van der Waals surface area contributed by atoms with E-state index in [4.69, 9.17) is 0 Å². The Morgan fingerprint density at radius 2 is 2.25 bits per heavy atom. The van der Waals surface area contributed by atoms with Crippen molar-refractivity contribution in [3.8, 4) is 0 Å². The zero-order valence-electron chi connectivity index (χ0n) is 9.54. The van der Waals surface area contributed by atoms with Crippen LogP contribution in [-0.2, 0) is 0 Å². The molecule has 1 atom stereocenters. The zero-order valence-corrected chi connectivity index (χ0v) is 9.54. The highest BCUT2D eigenvalue weighted by Gasteiger charge is 2.43. The molecule has 3 heteroatoms. The Labute approximate surface area is 95.5 Å². The van der Waals surface area contributed by atoms with E-state index in [1.54, 1.807) is 12.1 Å². The van der Waals surface area contributed by atoms with Crippen molar-refractivity contribution in [1.29, 1.82) is 0 Å².